The molecule has 1 unspecified atom stereocenters. The van der Waals surface area contributed by atoms with Crippen molar-refractivity contribution in [1.82, 2.24) is 15.1 Å². The van der Waals surface area contributed by atoms with Crippen molar-refractivity contribution in [3.05, 3.63) is 40.3 Å². The number of aromatic nitrogens is 2. The molecule has 2 heterocycles. The number of nitrogens with one attached hydrogen (secondary N) is 1. The summed E-state index contributed by atoms with van der Waals surface area (Å²) in [6, 6.07) is 4.81. The second-order valence-corrected chi connectivity index (χ2v) is 5.47. The van der Waals surface area contributed by atoms with Crippen LogP contribution in [-0.2, 0) is 13.0 Å². The van der Waals surface area contributed by atoms with Crippen molar-refractivity contribution in [3.63, 3.8) is 0 Å². The van der Waals surface area contributed by atoms with Gasteiger partial charge < -0.3 is 5.32 Å². The summed E-state index contributed by atoms with van der Waals surface area (Å²) in [5, 5.41) is 10.1. The van der Waals surface area contributed by atoms with E-state index >= 15 is 0 Å². The maximum Gasteiger partial charge on any atom is 0.0534 e. The molecule has 0 saturated carbocycles. The normalized spacial score (nSPS) is 19.2. The summed E-state index contributed by atoms with van der Waals surface area (Å²) in [6.45, 7) is 1.94. The Bertz CT molecular complexity index is 461. The lowest BCUT2D eigenvalue weighted by Gasteiger charge is -2.23. The number of fused-ring (bicyclic) bond motifs is 1. The molecular formula is C13H17N3S. The van der Waals surface area contributed by atoms with Crippen molar-refractivity contribution in [2.45, 2.75) is 31.8 Å². The number of aryl methyl sites for hydroxylation is 1. The van der Waals surface area contributed by atoms with Crippen LogP contribution in [-0.4, -0.2) is 16.3 Å². The highest BCUT2D eigenvalue weighted by Gasteiger charge is 2.20. The fourth-order valence-electron chi connectivity index (χ4n) is 2.48. The summed E-state index contributed by atoms with van der Waals surface area (Å²) in [5.74, 6) is 0. The molecular weight excluding hydrogens is 230 g/mol. The molecule has 0 fully saturated rings. The van der Waals surface area contributed by atoms with E-state index in [1.54, 1.807) is 4.88 Å². The van der Waals surface area contributed by atoms with E-state index in [9.17, 15) is 0 Å². The average molecular weight is 247 g/mol. The minimum absolute atomic E-state index is 0.556. The number of thiophene rings is 1. The average Bonchev–Trinajstić information content (AvgIpc) is 2.99. The van der Waals surface area contributed by atoms with E-state index in [0.29, 0.717) is 6.04 Å². The second-order valence-electron chi connectivity index (χ2n) is 4.47. The Kier molecular flexibility index (Phi) is 3.25. The van der Waals surface area contributed by atoms with E-state index in [0.717, 1.165) is 13.1 Å². The second kappa shape index (κ2) is 5.02. The van der Waals surface area contributed by atoms with Gasteiger partial charge in [0.05, 0.1) is 6.54 Å². The van der Waals surface area contributed by atoms with Crippen LogP contribution in [0, 0.1) is 0 Å². The molecule has 0 amide bonds. The topological polar surface area (TPSA) is 29.9 Å². The number of nitrogens with zero attached hydrogens (tertiary/aromatic N) is 2. The Labute approximate surface area is 105 Å². The van der Waals surface area contributed by atoms with Crippen LogP contribution in [0.5, 0.6) is 0 Å². The van der Waals surface area contributed by atoms with E-state index in [1.165, 1.54) is 24.8 Å². The first kappa shape index (κ1) is 11.0. The zero-order valence-corrected chi connectivity index (χ0v) is 10.6. The lowest BCUT2D eigenvalue weighted by atomic mass is 9.94. The van der Waals surface area contributed by atoms with Gasteiger partial charge in [-0.1, -0.05) is 0 Å². The lowest BCUT2D eigenvalue weighted by Crippen LogP contribution is -2.27. The maximum atomic E-state index is 4.21. The molecule has 2 aromatic rings. The smallest absolute Gasteiger partial charge is 0.0534 e. The molecule has 0 aliphatic heterocycles. The Hall–Kier alpha value is -1.13. The van der Waals surface area contributed by atoms with E-state index in [2.05, 4.69) is 21.9 Å². The van der Waals surface area contributed by atoms with Crippen molar-refractivity contribution < 1.29 is 0 Å². The van der Waals surface area contributed by atoms with E-state index < -0.39 is 0 Å². The van der Waals surface area contributed by atoms with Crippen molar-refractivity contribution >= 4 is 11.3 Å². The van der Waals surface area contributed by atoms with Gasteiger partial charge in [0.2, 0.25) is 0 Å². The van der Waals surface area contributed by atoms with Gasteiger partial charge in [0.1, 0.15) is 0 Å². The van der Waals surface area contributed by atoms with Gasteiger partial charge in [0.25, 0.3) is 0 Å². The van der Waals surface area contributed by atoms with Gasteiger partial charge in [0.15, 0.2) is 0 Å². The first-order chi connectivity index (χ1) is 8.43. The molecule has 0 bridgehead atoms. The Morgan fingerprint density at radius 2 is 2.53 bits per heavy atom. The molecule has 0 radical (unpaired) electrons. The van der Waals surface area contributed by atoms with Gasteiger partial charge in [-0.05, 0) is 42.3 Å². The lowest BCUT2D eigenvalue weighted by molar-refractivity contribution is 0.440. The fraction of sp³-hybridized carbons (Fsp3) is 0.462. The molecule has 0 spiro atoms. The van der Waals surface area contributed by atoms with Gasteiger partial charge in [-0.15, -0.1) is 11.3 Å². The molecule has 4 heteroatoms. The summed E-state index contributed by atoms with van der Waals surface area (Å²) in [4.78, 5) is 1.58. The highest BCUT2D eigenvalue weighted by Crippen LogP contribution is 2.32. The monoisotopic (exact) mass is 247 g/mol. The minimum Gasteiger partial charge on any atom is -0.308 e. The summed E-state index contributed by atoms with van der Waals surface area (Å²) in [7, 11) is 0. The zero-order chi connectivity index (χ0) is 11.5. The third-order valence-electron chi connectivity index (χ3n) is 3.34. The number of hydrogen-bond donors (Lipinski definition) is 1. The standard InChI is InChI=1S/C13H17N3S/c1-3-12(11-5-10-17-13(11)4-1)14-7-9-16-8-2-6-15-16/h2,5-6,8,10,12,14H,1,3-4,7,9H2. The highest BCUT2D eigenvalue weighted by atomic mass is 32.1. The summed E-state index contributed by atoms with van der Waals surface area (Å²) in [6.07, 6.45) is 7.69. The van der Waals surface area contributed by atoms with Crippen LogP contribution in [0.15, 0.2) is 29.9 Å². The first-order valence-electron chi connectivity index (χ1n) is 6.20. The molecule has 1 aliphatic rings. The molecule has 3 rings (SSSR count). The minimum atomic E-state index is 0.556. The molecule has 1 atom stereocenters. The van der Waals surface area contributed by atoms with Crippen LogP contribution >= 0.6 is 11.3 Å². The third kappa shape index (κ3) is 2.42. The van der Waals surface area contributed by atoms with Crippen LogP contribution in [0.4, 0.5) is 0 Å². The highest BCUT2D eigenvalue weighted by molar-refractivity contribution is 7.10. The predicted molar refractivity (Wildman–Crippen MR) is 70.2 cm³/mol. The van der Waals surface area contributed by atoms with Crippen LogP contribution in [0.25, 0.3) is 0 Å². The van der Waals surface area contributed by atoms with Crippen LogP contribution in [0.2, 0.25) is 0 Å². The van der Waals surface area contributed by atoms with Crippen molar-refractivity contribution in [2.24, 2.45) is 0 Å². The van der Waals surface area contributed by atoms with Gasteiger partial charge in [-0.2, -0.15) is 5.10 Å². The maximum absolute atomic E-state index is 4.21. The molecule has 3 nitrogen and oxygen atoms in total. The third-order valence-corrected chi connectivity index (χ3v) is 4.34. The fourth-order valence-corrected chi connectivity index (χ4v) is 3.47. The number of hydrogen-bond acceptors (Lipinski definition) is 3. The summed E-state index contributed by atoms with van der Waals surface area (Å²) >= 11 is 1.90. The quantitative estimate of drug-likeness (QED) is 0.900. The summed E-state index contributed by atoms with van der Waals surface area (Å²) in [5.41, 5.74) is 1.53. The van der Waals surface area contributed by atoms with Crippen molar-refractivity contribution in [3.8, 4) is 0 Å². The first-order valence-corrected chi connectivity index (χ1v) is 7.08. The molecule has 0 aromatic carbocycles. The molecule has 0 saturated heterocycles. The molecule has 1 N–H and O–H groups in total. The van der Waals surface area contributed by atoms with E-state index in [1.807, 2.05) is 34.5 Å². The van der Waals surface area contributed by atoms with Gasteiger partial charge in [-0.3, -0.25) is 4.68 Å². The van der Waals surface area contributed by atoms with Crippen molar-refractivity contribution in [1.29, 1.82) is 0 Å². The number of rotatable bonds is 4. The predicted octanol–water partition coefficient (Wildman–Crippen LogP) is 2.61. The van der Waals surface area contributed by atoms with Gasteiger partial charge >= 0.3 is 0 Å². The Morgan fingerprint density at radius 1 is 1.53 bits per heavy atom. The SMILES string of the molecule is c1cnn(CCNC2CCCc3sccc32)c1. The molecule has 90 valence electrons. The van der Waals surface area contributed by atoms with Gasteiger partial charge in [0, 0.05) is 29.9 Å². The Balaban J connectivity index is 1.57. The largest absolute Gasteiger partial charge is 0.308 e. The van der Waals surface area contributed by atoms with Crippen LogP contribution in [0.3, 0.4) is 0 Å². The van der Waals surface area contributed by atoms with Crippen LogP contribution in [0.1, 0.15) is 29.3 Å². The molecule has 1 aliphatic carbocycles. The van der Waals surface area contributed by atoms with Crippen molar-refractivity contribution in [2.75, 3.05) is 6.54 Å². The van der Waals surface area contributed by atoms with Crippen LogP contribution < -0.4 is 5.32 Å². The molecule has 2 aromatic heterocycles. The van der Waals surface area contributed by atoms with E-state index in [4.69, 9.17) is 0 Å². The summed E-state index contributed by atoms with van der Waals surface area (Å²) < 4.78 is 1.98. The Morgan fingerprint density at radius 3 is 3.41 bits per heavy atom. The van der Waals surface area contributed by atoms with Gasteiger partial charge in [-0.25, -0.2) is 0 Å². The molecule has 17 heavy (non-hydrogen) atoms. The van der Waals surface area contributed by atoms with E-state index in [-0.39, 0.29) is 0 Å². The zero-order valence-electron chi connectivity index (χ0n) is 9.80.